The van der Waals surface area contributed by atoms with E-state index in [9.17, 15) is 0 Å². The summed E-state index contributed by atoms with van der Waals surface area (Å²) in [7, 11) is 1.64. The number of anilines is 1. The van der Waals surface area contributed by atoms with Crippen molar-refractivity contribution in [3.8, 4) is 11.4 Å². The molecular formula is C14H15N5O2. The Morgan fingerprint density at radius 2 is 2.24 bits per heavy atom. The van der Waals surface area contributed by atoms with Crippen LogP contribution in [0.2, 0.25) is 0 Å². The first-order valence-electron chi connectivity index (χ1n) is 6.46. The van der Waals surface area contributed by atoms with Gasteiger partial charge < -0.3 is 14.5 Å². The molecule has 0 aliphatic carbocycles. The molecule has 0 aliphatic heterocycles. The highest BCUT2D eigenvalue weighted by molar-refractivity contribution is 5.39. The summed E-state index contributed by atoms with van der Waals surface area (Å²) >= 11 is 0. The second kappa shape index (κ2) is 5.66. The molecule has 0 fully saturated rings. The maximum atomic E-state index is 5.25. The van der Waals surface area contributed by atoms with E-state index < -0.39 is 0 Å². The number of methoxy groups -OCH3 is 1. The number of hydrogen-bond donors (Lipinski definition) is 1. The summed E-state index contributed by atoms with van der Waals surface area (Å²) in [5.41, 5.74) is 1.95. The number of aromatic nitrogens is 4. The van der Waals surface area contributed by atoms with E-state index in [1.54, 1.807) is 24.9 Å². The smallest absolute Gasteiger partial charge is 0.315 e. The second-order valence-electron chi connectivity index (χ2n) is 4.47. The monoisotopic (exact) mass is 285 g/mol. The molecule has 1 N–H and O–H groups in total. The molecule has 7 nitrogen and oxygen atoms in total. The third-order valence-corrected chi connectivity index (χ3v) is 2.92. The van der Waals surface area contributed by atoms with Gasteiger partial charge in [-0.3, -0.25) is 0 Å². The molecule has 0 spiro atoms. The lowest BCUT2D eigenvalue weighted by Crippen LogP contribution is -1.99. The molecule has 0 unspecified atom stereocenters. The number of hydrogen-bond acceptors (Lipinski definition) is 6. The Morgan fingerprint density at radius 3 is 3.00 bits per heavy atom. The first-order chi connectivity index (χ1) is 10.2. The Balaban J connectivity index is 1.70. The van der Waals surface area contributed by atoms with Gasteiger partial charge in [0.1, 0.15) is 5.75 Å². The van der Waals surface area contributed by atoms with Crippen molar-refractivity contribution in [2.45, 2.75) is 13.5 Å². The first-order valence-corrected chi connectivity index (χ1v) is 6.46. The SMILES string of the molecule is COc1cccc(-n2cc(CNc3nnc(C)o3)cn2)c1. The fraction of sp³-hybridized carbons (Fsp3) is 0.214. The third kappa shape index (κ3) is 3.02. The summed E-state index contributed by atoms with van der Waals surface area (Å²) < 4.78 is 12.2. The van der Waals surface area contributed by atoms with Gasteiger partial charge in [-0.05, 0) is 12.1 Å². The number of nitrogens with one attached hydrogen (secondary N) is 1. The van der Waals surface area contributed by atoms with Gasteiger partial charge in [0, 0.05) is 31.3 Å². The van der Waals surface area contributed by atoms with Crippen LogP contribution in [-0.2, 0) is 6.54 Å². The van der Waals surface area contributed by atoms with Crippen LogP contribution in [0.5, 0.6) is 5.75 Å². The Morgan fingerprint density at radius 1 is 1.33 bits per heavy atom. The van der Waals surface area contributed by atoms with Gasteiger partial charge >= 0.3 is 6.01 Å². The summed E-state index contributed by atoms with van der Waals surface area (Å²) in [4.78, 5) is 0. The number of benzene rings is 1. The molecule has 0 saturated carbocycles. The second-order valence-corrected chi connectivity index (χ2v) is 4.47. The molecule has 2 heterocycles. The zero-order valence-electron chi connectivity index (χ0n) is 11.8. The topological polar surface area (TPSA) is 78.0 Å². The number of ether oxygens (including phenoxy) is 1. The lowest BCUT2D eigenvalue weighted by Gasteiger charge is -2.04. The van der Waals surface area contributed by atoms with E-state index in [-0.39, 0.29) is 0 Å². The lowest BCUT2D eigenvalue weighted by atomic mass is 10.3. The molecule has 7 heteroatoms. The Labute approximate surface area is 121 Å². The normalized spacial score (nSPS) is 10.6. The molecule has 0 aliphatic rings. The van der Waals surface area contributed by atoms with E-state index in [0.29, 0.717) is 18.5 Å². The summed E-state index contributed by atoms with van der Waals surface area (Å²) in [5, 5.41) is 15.0. The fourth-order valence-corrected chi connectivity index (χ4v) is 1.89. The van der Waals surface area contributed by atoms with E-state index >= 15 is 0 Å². The van der Waals surface area contributed by atoms with Crippen molar-refractivity contribution in [2.75, 3.05) is 12.4 Å². The molecule has 2 aromatic heterocycles. The lowest BCUT2D eigenvalue weighted by molar-refractivity contribution is 0.414. The van der Waals surface area contributed by atoms with Crippen molar-refractivity contribution in [3.63, 3.8) is 0 Å². The Kier molecular flexibility index (Phi) is 3.55. The molecule has 108 valence electrons. The standard InChI is InChI=1S/C14H15N5O2/c1-10-17-18-14(21-10)15-7-11-8-16-19(9-11)12-4-3-5-13(6-12)20-2/h3-6,8-9H,7H2,1-2H3,(H,15,18). The predicted molar refractivity (Wildman–Crippen MR) is 76.5 cm³/mol. The Bertz CT molecular complexity index is 734. The molecule has 1 aromatic carbocycles. The van der Waals surface area contributed by atoms with E-state index in [2.05, 4.69) is 20.6 Å². The molecule has 0 saturated heterocycles. The number of rotatable bonds is 5. The summed E-state index contributed by atoms with van der Waals surface area (Å²) in [6.45, 7) is 2.31. The predicted octanol–water partition coefficient (Wildman–Crippen LogP) is 2.18. The van der Waals surface area contributed by atoms with Crippen LogP contribution in [0.25, 0.3) is 5.69 Å². The highest BCUT2D eigenvalue weighted by atomic mass is 16.5. The molecule has 0 bridgehead atoms. The largest absolute Gasteiger partial charge is 0.497 e. The quantitative estimate of drug-likeness (QED) is 0.774. The van der Waals surface area contributed by atoms with Crippen molar-refractivity contribution < 1.29 is 9.15 Å². The van der Waals surface area contributed by atoms with Crippen LogP contribution in [0.3, 0.4) is 0 Å². The molecule has 3 rings (SSSR count). The minimum Gasteiger partial charge on any atom is -0.497 e. The average molecular weight is 285 g/mol. The molecule has 3 aromatic rings. The van der Waals surface area contributed by atoms with Crippen molar-refractivity contribution in [1.29, 1.82) is 0 Å². The van der Waals surface area contributed by atoms with E-state index in [0.717, 1.165) is 17.0 Å². The van der Waals surface area contributed by atoms with Crippen LogP contribution >= 0.6 is 0 Å². The summed E-state index contributed by atoms with van der Waals surface area (Å²) in [6.07, 6.45) is 3.72. The minimum absolute atomic E-state index is 0.404. The van der Waals surface area contributed by atoms with Gasteiger partial charge in [0.15, 0.2) is 0 Å². The van der Waals surface area contributed by atoms with Crippen LogP contribution < -0.4 is 10.1 Å². The molecule has 0 atom stereocenters. The van der Waals surface area contributed by atoms with Gasteiger partial charge in [0.25, 0.3) is 0 Å². The average Bonchev–Trinajstić information content (AvgIpc) is 3.14. The fourth-order valence-electron chi connectivity index (χ4n) is 1.89. The van der Waals surface area contributed by atoms with Crippen molar-refractivity contribution in [2.24, 2.45) is 0 Å². The van der Waals surface area contributed by atoms with E-state index in [1.807, 2.05) is 30.5 Å². The summed E-state index contributed by atoms with van der Waals surface area (Å²) in [5.74, 6) is 1.33. The highest BCUT2D eigenvalue weighted by Crippen LogP contribution is 2.16. The Hall–Kier alpha value is -2.83. The first kappa shape index (κ1) is 13.2. The number of nitrogens with zero attached hydrogens (tertiary/aromatic N) is 4. The molecular weight excluding hydrogens is 270 g/mol. The van der Waals surface area contributed by atoms with Gasteiger partial charge in [-0.15, -0.1) is 5.10 Å². The van der Waals surface area contributed by atoms with Crippen LogP contribution in [0, 0.1) is 6.92 Å². The van der Waals surface area contributed by atoms with Crippen LogP contribution in [0.1, 0.15) is 11.5 Å². The van der Waals surface area contributed by atoms with Gasteiger partial charge in [-0.25, -0.2) is 4.68 Å². The molecule has 0 radical (unpaired) electrons. The van der Waals surface area contributed by atoms with Crippen LogP contribution in [0.15, 0.2) is 41.1 Å². The maximum Gasteiger partial charge on any atom is 0.315 e. The van der Waals surface area contributed by atoms with Gasteiger partial charge in [-0.1, -0.05) is 11.2 Å². The maximum absolute atomic E-state index is 5.25. The van der Waals surface area contributed by atoms with Gasteiger partial charge in [0.2, 0.25) is 5.89 Å². The minimum atomic E-state index is 0.404. The van der Waals surface area contributed by atoms with Gasteiger partial charge in [-0.2, -0.15) is 5.10 Å². The molecule has 21 heavy (non-hydrogen) atoms. The zero-order chi connectivity index (χ0) is 14.7. The van der Waals surface area contributed by atoms with E-state index in [1.165, 1.54) is 0 Å². The highest BCUT2D eigenvalue weighted by Gasteiger charge is 2.05. The van der Waals surface area contributed by atoms with Crippen molar-refractivity contribution in [1.82, 2.24) is 20.0 Å². The van der Waals surface area contributed by atoms with Crippen LogP contribution in [-0.4, -0.2) is 27.1 Å². The number of aryl methyl sites for hydroxylation is 1. The van der Waals surface area contributed by atoms with Gasteiger partial charge in [0.05, 0.1) is 19.0 Å². The third-order valence-electron chi connectivity index (χ3n) is 2.92. The molecule has 0 amide bonds. The van der Waals surface area contributed by atoms with E-state index in [4.69, 9.17) is 9.15 Å². The zero-order valence-corrected chi connectivity index (χ0v) is 11.8. The van der Waals surface area contributed by atoms with Crippen LogP contribution in [0.4, 0.5) is 6.01 Å². The summed E-state index contributed by atoms with van der Waals surface area (Å²) in [6, 6.07) is 8.11. The van der Waals surface area contributed by atoms with Crippen molar-refractivity contribution in [3.05, 3.63) is 48.1 Å². The van der Waals surface area contributed by atoms with Crippen molar-refractivity contribution >= 4 is 6.01 Å².